The van der Waals surface area contributed by atoms with Gasteiger partial charge in [0.05, 0.1) is 28.2 Å². The van der Waals surface area contributed by atoms with Gasteiger partial charge in [0.25, 0.3) is 5.91 Å². The van der Waals surface area contributed by atoms with Gasteiger partial charge < -0.3 is 9.47 Å². The molecule has 1 heterocycles. The van der Waals surface area contributed by atoms with Gasteiger partial charge in [-0.3, -0.25) is 4.79 Å². The van der Waals surface area contributed by atoms with Crippen LogP contribution in [0.5, 0.6) is 0 Å². The van der Waals surface area contributed by atoms with Crippen molar-refractivity contribution in [3.05, 3.63) is 63.6 Å². The van der Waals surface area contributed by atoms with E-state index >= 15 is 0 Å². The summed E-state index contributed by atoms with van der Waals surface area (Å²) >= 11 is 12.4. The lowest BCUT2D eigenvalue weighted by molar-refractivity contribution is 0.0716. The number of hydrogen-bond acceptors (Lipinski definition) is 2. The third-order valence-corrected chi connectivity index (χ3v) is 5.17. The Balaban J connectivity index is 2.02. The average Bonchev–Trinajstić information content (AvgIpc) is 2.99. The predicted molar refractivity (Wildman–Crippen MR) is 116 cm³/mol. The topological polar surface area (TPSA) is 38.1 Å². The molecule has 0 bridgehead atoms. The number of carbonyl (C=O) groups is 1. The Kier molecular flexibility index (Phi) is 6.81. The highest BCUT2D eigenvalue weighted by atomic mass is 35.5. The molecule has 0 unspecified atom stereocenters. The quantitative estimate of drug-likeness (QED) is 0.443. The Hall–Kier alpha value is -2.11. The number of nitrogens with zero attached hydrogens (tertiary/aromatic N) is 3. The molecule has 0 aliphatic rings. The monoisotopic (exact) mass is 435 g/mol. The number of benzene rings is 2. The van der Waals surface area contributed by atoms with E-state index in [9.17, 15) is 9.18 Å². The van der Waals surface area contributed by atoms with Crippen molar-refractivity contribution < 1.29 is 9.18 Å². The van der Waals surface area contributed by atoms with E-state index in [1.165, 1.54) is 12.1 Å². The standard InChI is InChI=1S/C22H24Cl2FN3O/c1-4-9-28-20-11-16(25)6-8-19(20)26-21(28)13-27(12-14(2)3)22(29)17-10-15(23)5-7-18(17)24/h5-8,10-11,14H,4,9,12-13H2,1-3H3. The molecule has 0 N–H and O–H groups in total. The average molecular weight is 436 g/mol. The van der Waals surface area contributed by atoms with E-state index in [1.807, 2.05) is 18.4 Å². The molecule has 0 aliphatic heterocycles. The van der Waals surface area contributed by atoms with Gasteiger partial charge in [-0.1, -0.05) is 44.0 Å². The molecule has 0 saturated heterocycles. The molecule has 4 nitrogen and oxygen atoms in total. The number of imidazole rings is 1. The van der Waals surface area contributed by atoms with Crippen LogP contribution < -0.4 is 0 Å². The number of amides is 1. The first-order valence-electron chi connectivity index (χ1n) is 9.69. The predicted octanol–water partition coefficient (Wildman–Crippen LogP) is 6.19. The van der Waals surface area contributed by atoms with E-state index in [1.54, 1.807) is 29.2 Å². The van der Waals surface area contributed by atoms with Crippen LogP contribution in [-0.4, -0.2) is 26.9 Å². The summed E-state index contributed by atoms with van der Waals surface area (Å²) in [5.74, 6) is 0.465. The molecule has 3 aromatic rings. The minimum absolute atomic E-state index is 0.201. The lowest BCUT2D eigenvalue weighted by atomic mass is 10.1. The van der Waals surface area contributed by atoms with E-state index in [2.05, 4.69) is 11.9 Å². The molecule has 0 saturated carbocycles. The van der Waals surface area contributed by atoms with Gasteiger partial charge in [0, 0.05) is 18.1 Å². The first-order valence-corrected chi connectivity index (χ1v) is 10.4. The lowest BCUT2D eigenvalue weighted by Gasteiger charge is -2.25. The van der Waals surface area contributed by atoms with Crippen LogP contribution in [-0.2, 0) is 13.1 Å². The SMILES string of the molecule is CCCn1c(CN(CC(C)C)C(=O)c2cc(Cl)ccc2Cl)nc2ccc(F)cc21. The van der Waals surface area contributed by atoms with E-state index in [-0.39, 0.29) is 17.6 Å². The summed E-state index contributed by atoms with van der Waals surface area (Å²) in [6.07, 6.45) is 0.868. The number of carbonyl (C=O) groups excluding carboxylic acids is 1. The van der Waals surface area contributed by atoms with Gasteiger partial charge in [0.1, 0.15) is 11.6 Å². The Morgan fingerprint density at radius 2 is 1.97 bits per heavy atom. The zero-order chi connectivity index (χ0) is 21.1. The molecule has 154 valence electrons. The summed E-state index contributed by atoms with van der Waals surface area (Å²) in [6, 6.07) is 9.43. The highest BCUT2D eigenvalue weighted by Crippen LogP contribution is 2.25. The largest absolute Gasteiger partial charge is 0.331 e. The van der Waals surface area contributed by atoms with Crippen molar-refractivity contribution in [2.45, 2.75) is 40.3 Å². The summed E-state index contributed by atoms with van der Waals surface area (Å²) in [5.41, 5.74) is 1.82. The normalized spacial score (nSPS) is 11.4. The fourth-order valence-electron chi connectivity index (χ4n) is 3.40. The summed E-state index contributed by atoms with van der Waals surface area (Å²) in [4.78, 5) is 19.7. The van der Waals surface area contributed by atoms with Crippen molar-refractivity contribution in [2.75, 3.05) is 6.54 Å². The van der Waals surface area contributed by atoms with Gasteiger partial charge >= 0.3 is 0 Å². The maximum atomic E-state index is 13.8. The first kappa shape index (κ1) is 21.6. The van der Waals surface area contributed by atoms with Gasteiger partial charge in [0.2, 0.25) is 0 Å². The van der Waals surface area contributed by atoms with Crippen LogP contribution in [0.25, 0.3) is 11.0 Å². The number of halogens is 3. The molecule has 3 rings (SSSR count). The summed E-state index contributed by atoms with van der Waals surface area (Å²) in [7, 11) is 0. The van der Waals surface area contributed by atoms with Crippen molar-refractivity contribution in [1.82, 2.24) is 14.5 Å². The Bertz CT molecular complexity index is 1030. The van der Waals surface area contributed by atoms with Crippen LogP contribution in [0, 0.1) is 11.7 Å². The van der Waals surface area contributed by atoms with Gasteiger partial charge in [-0.25, -0.2) is 9.37 Å². The molecule has 0 atom stereocenters. The van der Waals surface area contributed by atoms with Crippen LogP contribution in [0.4, 0.5) is 4.39 Å². The van der Waals surface area contributed by atoms with Gasteiger partial charge in [-0.2, -0.15) is 0 Å². The van der Waals surface area contributed by atoms with Crippen molar-refractivity contribution in [2.24, 2.45) is 5.92 Å². The van der Waals surface area contributed by atoms with E-state index < -0.39 is 0 Å². The summed E-state index contributed by atoms with van der Waals surface area (Å²) in [5, 5.41) is 0.813. The molecule has 29 heavy (non-hydrogen) atoms. The van der Waals surface area contributed by atoms with Crippen LogP contribution >= 0.6 is 23.2 Å². The first-order chi connectivity index (χ1) is 13.8. The zero-order valence-corrected chi connectivity index (χ0v) is 18.3. The summed E-state index contributed by atoms with van der Waals surface area (Å²) in [6.45, 7) is 7.67. The van der Waals surface area contributed by atoms with Crippen LogP contribution in [0.15, 0.2) is 36.4 Å². The third-order valence-electron chi connectivity index (χ3n) is 4.60. The maximum absolute atomic E-state index is 13.8. The molecule has 1 aromatic heterocycles. The second-order valence-electron chi connectivity index (χ2n) is 7.52. The van der Waals surface area contributed by atoms with E-state index in [4.69, 9.17) is 23.2 Å². The van der Waals surface area contributed by atoms with Crippen LogP contribution in [0.1, 0.15) is 43.4 Å². The fourth-order valence-corrected chi connectivity index (χ4v) is 3.77. The Labute approximate surface area is 180 Å². The number of aryl methyl sites for hydroxylation is 1. The smallest absolute Gasteiger partial charge is 0.255 e. The van der Waals surface area contributed by atoms with Crippen LogP contribution in [0.2, 0.25) is 10.0 Å². The highest BCUT2D eigenvalue weighted by Gasteiger charge is 2.23. The minimum Gasteiger partial charge on any atom is -0.331 e. The number of rotatable bonds is 7. The van der Waals surface area contributed by atoms with Crippen molar-refractivity contribution >= 4 is 40.1 Å². The third kappa shape index (κ3) is 4.90. The second kappa shape index (κ2) is 9.14. The van der Waals surface area contributed by atoms with Gasteiger partial charge in [-0.15, -0.1) is 0 Å². The van der Waals surface area contributed by atoms with Crippen molar-refractivity contribution in [1.29, 1.82) is 0 Å². The van der Waals surface area contributed by atoms with E-state index in [0.29, 0.717) is 40.8 Å². The molecule has 1 amide bonds. The Morgan fingerprint density at radius 3 is 2.66 bits per heavy atom. The fraction of sp³-hybridized carbons (Fsp3) is 0.364. The molecule has 0 aliphatic carbocycles. The number of hydrogen-bond donors (Lipinski definition) is 0. The molecule has 0 fully saturated rings. The molecule has 2 aromatic carbocycles. The number of aromatic nitrogens is 2. The number of fused-ring (bicyclic) bond motifs is 1. The van der Waals surface area contributed by atoms with E-state index in [0.717, 1.165) is 17.8 Å². The lowest BCUT2D eigenvalue weighted by Crippen LogP contribution is -2.35. The Morgan fingerprint density at radius 1 is 1.21 bits per heavy atom. The minimum atomic E-state index is -0.304. The zero-order valence-electron chi connectivity index (χ0n) is 16.8. The van der Waals surface area contributed by atoms with Gasteiger partial charge in [0.15, 0.2) is 0 Å². The highest BCUT2D eigenvalue weighted by molar-refractivity contribution is 6.35. The van der Waals surface area contributed by atoms with Crippen LogP contribution in [0.3, 0.4) is 0 Å². The maximum Gasteiger partial charge on any atom is 0.255 e. The molecule has 7 heteroatoms. The second-order valence-corrected chi connectivity index (χ2v) is 8.36. The summed E-state index contributed by atoms with van der Waals surface area (Å²) < 4.78 is 15.8. The van der Waals surface area contributed by atoms with Crippen molar-refractivity contribution in [3.63, 3.8) is 0 Å². The van der Waals surface area contributed by atoms with Crippen molar-refractivity contribution in [3.8, 4) is 0 Å². The van der Waals surface area contributed by atoms with Gasteiger partial charge in [-0.05, 0) is 48.7 Å². The molecular formula is C22H24Cl2FN3O. The molecule has 0 radical (unpaired) electrons. The molecular weight excluding hydrogens is 412 g/mol. The molecule has 0 spiro atoms.